The standard InChI is InChI=1S/C12H9BrN4/c13-11-3-9(4-14)1-2-12(11)17-7-10-5-15-8-16-6-10/h1-3,5-6,8,17H,7H2. The zero-order chi connectivity index (χ0) is 12.1. The second-order valence-electron chi connectivity index (χ2n) is 3.41. The van der Waals surface area contributed by atoms with E-state index in [-0.39, 0.29) is 0 Å². The van der Waals surface area contributed by atoms with E-state index < -0.39 is 0 Å². The molecule has 0 atom stereocenters. The van der Waals surface area contributed by atoms with E-state index in [0.29, 0.717) is 12.1 Å². The maximum atomic E-state index is 8.75. The minimum atomic E-state index is 0.630. The molecule has 0 spiro atoms. The lowest BCUT2D eigenvalue weighted by Gasteiger charge is -2.08. The summed E-state index contributed by atoms with van der Waals surface area (Å²) >= 11 is 3.42. The van der Waals surface area contributed by atoms with Crippen molar-refractivity contribution < 1.29 is 0 Å². The molecule has 0 amide bonds. The van der Waals surface area contributed by atoms with Gasteiger partial charge < -0.3 is 5.32 Å². The summed E-state index contributed by atoms with van der Waals surface area (Å²) < 4.78 is 0.869. The molecule has 1 aromatic carbocycles. The summed E-state index contributed by atoms with van der Waals surface area (Å²) in [6.07, 6.45) is 5.02. The minimum absolute atomic E-state index is 0.630. The van der Waals surface area contributed by atoms with Gasteiger partial charge in [0.1, 0.15) is 6.33 Å². The highest BCUT2D eigenvalue weighted by Gasteiger charge is 2.01. The third-order valence-corrected chi connectivity index (χ3v) is 2.85. The van der Waals surface area contributed by atoms with Crippen LogP contribution in [0.25, 0.3) is 0 Å². The van der Waals surface area contributed by atoms with Gasteiger partial charge in [-0.25, -0.2) is 9.97 Å². The van der Waals surface area contributed by atoms with Crippen molar-refractivity contribution in [3.8, 4) is 6.07 Å². The van der Waals surface area contributed by atoms with Gasteiger partial charge in [0.25, 0.3) is 0 Å². The van der Waals surface area contributed by atoms with Gasteiger partial charge >= 0.3 is 0 Å². The summed E-state index contributed by atoms with van der Waals surface area (Å²) in [7, 11) is 0. The zero-order valence-corrected chi connectivity index (χ0v) is 10.5. The number of nitrogens with zero attached hydrogens (tertiary/aromatic N) is 3. The van der Waals surface area contributed by atoms with Crippen molar-refractivity contribution in [2.75, 3.05) is 5.32 Å². The van der Waals surface area contributed by atoms with Crippen molar-refractivity contribution in [1.29, 1.82) is 5.26 Å². The number of hydrogen-bond donors (Lipinski definition) is 1. The summed E-state index contributed by atoms with van der Waals surface area (Å²) in [5.41, 5.74) is 2.57. The van der Waals surface area contributed by atoms with Gasteiger partial charge in [-0.2, -0.15) is 5.26 Å². The molecule has 0 unspecified atom stereocenters. The van der Waals surface area contributed by atoms with Crippen molar-refractivity contribution in [2.45, 2.75) is 6.54 Å². The van der Waals surface area contributed by atoms with Gasteiger partial charge in [0, 0.05) is 34.7 Å². The van der Waals surface area contributed by atoms with E-state index >= 15 is 0 Å². The molecule has 4 nitrogen and oxygen atoms in total. The SMILES string of the molecule is N#Cc1ccc(NCc2cncnc2)c(Br)c1. The van der Waals surface area contributed by atoms with Crippen LogP contribution in [0.2, 0.25) is 0 Å². The van der Waals surface area contributed by atoms with Crippen LogP contribution >= 0.6 is 15.9 Å². The average molecular weight is 289 g/mol. The van der Waals surface area contributed by atoms with Crippen molar-refractivity contribution in [3.63, 3.8) is 0 Å². The van der Waals surface area contributed by atoms with E-state index in [0.717, 1.165) is 15.7 Å². The lowest BCUT2D eigenvalue weighted by Crippen LogP contribution is -2.01. The van der Waals surface area contributed by atoms with E-state index in [2.05, 4.69) is 37.3 Å². The molecule has 0 saturated heterocycles. The molecule has 2 rings (SSSR count). The van der Waals surface area contributed by atoms with Crippen molar-refractivity contribution in [1.82, 2.24) is 9.97 Å². The van der Waals surface area contributed by atoms with Gasteiger partial charge in [0.15, 0.2) is 0 Å². The number of hydrogen-bond acceptors (Lipinski definition) is 4. The van der Waals surface area contributed by atoms with Crippen LogP contribution in [0.3, 0.4) is 0 Å². The molecule has 17 heavy (non-hydrogen) atoms. The second-order valence-corrected chi connectivity index (χ2v) is 4.26. The number of aromatic nitrogens is 2. The molecule has 0 fully saturated rings. The molecule has 0 saturated carbocycles. The van der Waals surface area contributed by atoms with Gasteiger partial charge in [-0.05, 0) is 34.1 Å². The fourth-order valence-electron chi connectivity index (χ4n) is 1.35. The Labute approximate surface area is 107 Å². The largest absolute Gasteiger partial charge is 0.380 e. The molecular weight excluding hydrogens is 280 g/mol. The number of rotatable bonds is 3. The van der Waals surface area contributed by atoms with Crippen LogP contribution < -0.4 is 5.32 Å². The first-order valence-corrected chi connectivity index (χ1v) is 5.76. The average Bonchev–Trinajstić information content (AvgIpc) is 2.38. The summed E-state index contributed by atoms with van der Waals surface area (Å²) in [4.78, 5) is 7.88. The summed E-state index contributed by atoms with van der Waals surface area (Å²) in [6.45, 7) is 0.644. The topological polar surface area (TPSA) is 61.6 Å². The minimum Gasteiger partial charge on any atom is -0.380 e. The maximum Gasteiger partial charge on any atom is 0.115 e. The molecule has 1 aromatic heterocycles. The quantitative estimate of drug-likeness (QED) is 0.943. The Morgan fingerprint density at radius 2 is 2.06 bits per heavy atom. The lowest BCUT2D eigenvalue weighted by molar-refractivity contribution is 1.05. The summed E-state index contributed by atoms with van der Waals surface area (Å²) in [5, 5.41) is 12.0. The van der Waals surface area contributed by atoms with E-state index in [1.807, 2.05) is 6.07 Å². The molecule has 0 bridgehead atoms. The van der Waals surface area contributed by atoms with Crippen molar-refractivity contribution >= 4 is 21.6 Å². The molecule has 1 N–H and O–H groups in total. The number of nitriles is 1. The number of benzene rings is 1. The number of anilines is 1. The first-order valence-electron chi connectivity index (χ1n) is 4.97. The van der Waals surface area contributed by atoms with Crippen molar-refractivity contribution in [2.24, 2.45) is 0 Å². The maximum absolute atomic E-state index is 8.75. The van der Waals surface area contributed by atoms with Crippen molar-refractivity contribution in [3.05, 3.63) is 52.5 Å². The fourth-order valence-corrected chi connectivity index (χ4v) is 1.87. The van der Waals surface area contributed by atoms with Gasteiger partial charge in [0.05, 0.1) is 11.6 Å². The first-order chi connectivity index (χ1) is 8.29. The molecule has 0 aliphatic carbocycles. The molecule has 0 aliphatic rings. The molecular formula is C12H9BrN4. The third-order valence-electron chi connectivity index (χ3n) is 2.20. The monoisotopic (exact) mass is 288 g/mol. The first kappa shape index (κ1) is 11.6. The van der Waals surface area contributed by atoms with Crippen LogP contribution in [0.4, 0.5) is 5.69 Å². The van der Waals surface area contributed by atoms with Gasteiger partial charge in [-0.15, -0.1) is 0 Å². The Hall–Kier alpha value is -1.93. The van der Waals surface area contributed by atoms with E-state index in [1.54, 1.807) is 24.5 Å². The number of nitrogens with one attached hydrogen (secondary N) is 1. The van der Waals surface area contributed by atoms with E-state index in [9.17, 15) is 0 Å². The molecule has 5 heteroatoms. The Bertz CT molecular complexity index is 548. The molecule has 1 heterocycles. The zero-order valence-electron chi connectivity index (χ0n) is 8.89. The highest BCUT2D eigenvalue weighted by atomic mass is 79.9. The summed E-state index contributed by atoms with van der Waals surface area (Å²) in [6, 6.07) is 7.51. The van der Waals surface area contributed by atoms with E-state index in [4.69, 9.17) is 5.26 Å². The predicted molar refractivity (Wildman–Crippen MR) is 68.2 cm³/mol. The molecule has 0 radical (unpaired) electrons. The summed E-state index contributed by atoms with van der Waals surface area (Å²) in [5.74, 6) is 0. The van der Waals surface area contributed by atoms with Crippen LogP contribution in [-0.2, 0) is 6.54 Å². The molecule has 2 aromatic rings. The molecule has 84 valence electrons. The third kappa shape index (κ3) is 3.02. The highest BCUT2D eigenvalue weighted by Crippen LogP contribution is 2.23. The lowest BCUT2D eigenvalue weighted by atomic mass is 10.2. The Kier molecular flexibility index (Phi) is 3.68. The van der Waals surface area contributed by atoms with Gasteiger partial charge in [-0.1, -0.05) is 0 Å². The normalized spacial score (nSPS) is 9.65. The van der Waals surface area contributed by atoms with Crippen LogP contribution in [-0.4, -0.2) is 9.97 Å². The Balaban J connectivity index is 2.08. The highest BCUT2D eigenvalue weighted by molar-refractivity contribution is 9.10. The van der Waals surface area contributed by atoms with Crippen LogP contribution in [0, 0.1) is 11.3 Å². The van der Waals surface area contributed by atoms with Gasteiger partial charge in [0.2, 0.25) is 0 Å². The van der Waals surface area contributed by atoms with Crippen LogP contribution in [0.15, 0.2) is 41.4 Å². The number of halogens is 1. The Morgan fingerprint density at radius 1 is 1.29 bits per heavy atom. The Morgan fingerprint density at radius 3 is 2.71 bits per heavy atom. The van der Waals surface area contributed by atoms with E-state index in [1.165, 1.54) is 6.33 Å². The van der Waals surface area contributed by atoms with Crippen LogP contribution in [0.5, 0.6) is 0 Å². The molecule has 0 aliphatic heterocycles. The predicted octanol–water partition coefficient (Wildman–Crippen LogP) is 2.72. The second kappa shape index (κ2) is 5.41. The van der Waals surface area contributed by atoms with Gasteiger partial charge in [-0.3, -0.25) is 0 Å². The fraction of sp³-hybridized carbons (Fsp3) is 0.0833. The smallest absolute Gasteiger partial charge is 0.115 e. The van der Waals surface area contributed by atoms with Crippen LogP contribution in [0.1, 0.15) is 11.1 Å².